The van der Waals surface area contributed by atoms with Crippen molar-refractivity contribution in [2.75, 3.05) is 25.0 Å². The summed E-state index contributed by atoms with van der Waals surface area (Å²) in [6, 6.07) is 4.38. The average molecular weight is 366 g/mol. The lowest BCUT2D eigenvalue weighted by Gasteiger charge is -2.44. The normalized spacial score (nSPS) is 17.7. The number of likely N-dealkylation sites (N-methyl/N-ethyl adjacent to an activating group) is 1. The standard InChI is InChI=1S/C18H22N8O/c1-23(8-13-7-19-11-24(2)18(13)27)14-9-25(10-14)16-6-5-15-20-21-17(12-3-4-12)26(15)22-16/h5-7,11-12,14H,3-4,8-10H2,1-2H3. The Bertz CT molecular complexity index is 1050. The molecule has 0 aromatic carbocycles. The largest absolute Gasteiger partial charge is 0.352 e. The highest BCUT2D eigenvalue weighted by molar-refractivity contribution is 5.48. The Balaban J connectivity index is 1.27. The van der Waals surface area contributed by atoms with Gasteiger partial charge in [-0.2, -0.15) is 4.52 Å². The van der Waals surface area contributed by atoms with Crippen molar-refractivity contribution in [3.05, 3.63) is 46.4 Å². The van der Waals surface area contributed by atoms with Crippen molar-refractivity contribution < 1.29 is 0 Å². The van der Waals surface area contributed by atoms with Gasteiger partial charge in [0.15, 0.2) is 11.5 Å². The highest BCUT2D eigenvalue weighted by Crippen LogP contribution is 2.38. The second-order valence-corrected chi connectivity index (χ2v) is 7.60. The Morgan fingerprint density at radius 3 is 2.81 bits per heavy atom. The number of hydrogen-bond acceptors (Lipinski definition) is 7. The molecule has 5 rings (SSSR count). The Kier molecular flexibility index (Phi) is 3.71. The summed E-state index contributed by atoms with van der Waals surface area (Å²) < 4.78 is 3.41. The molecule has 2 fully saturated rings. The molecule has 0 N–H and O–H groups in total. The number of rotatable bonds is 5. The van der Waals surface area contributed by atoms with Crippen molar-refractivity contribution in [2.45, 2.75) is 31.3 Å². The van der Waals surface area contributed by atoms with Crippen LogP contribution in [0.5, 0.6) is 0 Å². The first-order valence-corrected chi connectivity index (χ1v) is 9.27. The molecule has 9 heteroatoms. The first-order chi connectivity index (χ1) is 13.1. The van der Waals surface area contributed by atoms with Crippen molar-refractivity contribution in [1.29, 1.82) is 0 Å². The van der Waals surface area contributed by atoms with Crippen molar-refractivity contribution in [1.82, 2.24) is 34.3 Å². The zero-order valence-electron chi connectivity index (χ0n) is 15.5. The van der Waals surface area contributed by atoms with Gasteiger partial charge in [0, 0.05) is 50.4 Å². The second kappa shape index (κ2) is 6.12. The maximum atomic E-state index is 12.2. The minimum Gasteiger partial charge on any atom is -0.352 e. The Hall–Kier alpha value is -2.81. The molecule has 4 heterocycles. The van der Waals surface area contributed by atoms with Crippen LogP contribution >= 0.6 is 0 Å². The van der Waals surface area contributed by atoms with Gasteiger partial charge in [0.25, 0.3) is 5.56 Å². The summed E-state index contributed by atoms with van der Waals surface area (Å²) in [7, 11) is 3.78. The third-order valence-corrected chi connectivity index (χ3v) is 5.51. The lowest BCUT2D eigenvalue weighted by molar-refractivity contribution is 0.195. The first-order valence-electron chi connectivity index (χ1n) is 9.27. The molecule has 3 aromatic rings. The van der Waals surface area contributed by atoms with Gasteiger partial charge < -0.3 is 9.47 Å². The fourth-order valence-corrected chi connectivity index (χ4v) is 3.55. The van der Waals surface area contributed by atoms with E-state index in [0.717, 1.165) is 35.9 Å². The maximum absolute atomic E-state index is 12.2. The van der Waals surface area contributed by atoms with E-state index in [0.29, 0.717) is 18.5 Å². The van der Waals surface area contributed by atoms with Gasteiger partial charge in [-0.25, -0.2) is 4.98 Å². The lowest BCUT2D eigenvalue weighted by atomic mass is 10.1. The molecule has 27 heavy (non-hydrogen) atoms. The number of nitrogens with zero attached hydrogens (tertiary/aromatic N) is 8. The van der Waals surface area contributed by atoms with Crippen molar-refractivity contribution in [3.8, 4) is 0 Å². The van der Waals surface area contributed by atoms with Crippen LogP contribution in [-0.4, -0.2) is 60.4 Å². The van der Waals surface area contributed by atoms with E-state index in [9.17, 15) is 4.79 Å². The van der Waals surface area contributed by atoms with Crippen LogP contribution in [0.1, 0.15) is 30.1 Å². The molecule has 3 aromatic heterocycles. The molecule has 1 aliphatic heterocycles. The smallest absolute Gasteiger partial charge is 0.257 e. The number of hydrogen-bond donors (Lipinski definition) is 0. The van der Waals surface area contributed by atoms with Crippen LogP contribution in [0.25, 0.3) is 5.65 Å². The average Bonchev–Trinajstić information content (AvgIpc) is 3.37. The minimum atomic E-state index is 0.0142. The predicted octanol–water partition coefficient (Wildman–Crippen LogP) is 0.416. The summed E-state index contributed by atoms with van der Waals surface area (Å²) in [5.41, 5.74) is 1.54. The zero-order valence-corrected chi connectivity index (χ0v) is 15.5. The van der Waals surface area contributed by atoms with Gasteiger partial charge in [0.05, 0.1) is 6.33 Å². The van der Waals surface area contributed by atoms with E-state index in [2.05, 4.69) is 32.0 Å². The van der Waals surface area contributed by atoms with Crippen molar-refractivity contribution in [3.63, 3.8) is 0 Å². The summed E-state index contributed by atoms with van der Waals surface area (Å²) in [6.45, 7) is 2.37. The zero-order chi connectivity index (χ0) is 18.5. The molecule has 0 atom stereocenters. The highest BCUT2D eigenvalue weighted by atomic mass is 16.1. The SMILES string of the molecule is CN(Cc1cncn(C)c1=O)C1CN(c2ccc3nnc(C4CC4)n3n2)C1. The molecule has 0 bridgehead atoms. The molecule has 1 saturated heterocycles. The Morgan fingerprint density at radius 2 is 2.04 bits per heavy atom. The van der Waals surface area contributed by atoms with E-state index in [1.807, 2.05) is 16.6 Å². The Morgan fingerprint density at radius 1 is 1.22 bits per heavy atom. The van der Waals surface area contributed by atoms with Gasteiger partial charge in [-0.05, 0) is 32.0 Å². The van der Waals surface area contributed by atoms with Crippen LogP contribution in [0.15, 0.2) is 29.5 Å². The second-order valence-electron chi connectivity index (χ2n) is 7.60. The first kappa shape index (κ1) is 16.4. The molecule has 140 valence electrons. The molecule has 0 unspecified atom stereocenters. The van der Waals surface area contributed by atoms with Gasteiger partial charge in [0.2, 0.25) is 0 Å². The van der Waals surface area contributed by atoms with Crippen LogP contribution in [0.4, 0.5) is 5.82 Å². The van der Waals surface area contributed by atoms with E-state index >= 15 is 0 Å². The number of aryl methyl sites for hydroxylation is 1. The quantitative estimate of drug-likeness (QED) is 0.647. The fraction of sp³-hybridized carbons (Fsp3) is 0.500. The summed E-state index contributed by atoms with van der Waals surface area (Å²) in [5.74, 6) is 2.44. The number of aromatic nitrogens is 6. The fourth-order valence-electron chi connectivity index (χ4n) is 3.55. The van der Waals surface area contributed by atoms with E-state index < -0.39 is 0 Å². The molecule has 1 aliphatic carbocycles. The van der Waals surface area contributed by atoms with Crippen molar-refractivity contribution in [2.24, 2.45) is 7.05 Å². The van der Waals surface area contributed by atoms with Gasteiger partial charge in [-0.15, -0.1) is 15.3 Å². The van der Waals surface area contributed by atoms with Crippen LogP contribution in [-0.2, 0) is 13.6 Å². The third kappa shape index (κ3) is 2.87. The summed E-state index contributed by atoms with van der Waals surface area (Å²) in [4.78, 5) is 20.7. The van der Waals surface area contributed by atoms with E-state index in [4.69, 9.17) is 5.10 Å². The molecule has 9 nitrogen and oxygen atoms in total. The minimum absolute atomic E-state index is 0.0142. The van der Waals surface area contributed by atoms with Gasteiger partial charge in [-0.3, -0.25) is 9.69 Å². The topological polar surface area (TPSA) is 84.5 Å². The van der Waals surface area contributed by atoms with E-state index in [1.54, 1.807) is 19.6 Å². The molecular formula is C18H22N8O. The monoisotopic (exact) mass is 366 g/mol. The van der Waals surface area contributed by atoms with Crippen molar-refractivity contribution >= 4 is 11.5 Å². The molecular weight excluding hydrogens is 344 g/mol. The van der Waals surface area contributed by atoms with Crippen LogP contribution < -0.4 is 10.5 Å². The molecule has 0 spiro atoms. The van der Waals surface area contributed by atoms with Gasteiger partial charge >= 0.3 is 0 Å². The summed E-state index contributed by atoms with van der Waals surface area (Å²) in [6.07, 6.45) is 5.56. The molecule has 0 amide bonds. The molecule has 0 radical (unpaired) electrons. The van der Waals surface area contributed by atoms with Gasteiger partial charge in [0.1, 0.15) is 5.82 Å². The number of anilines is 1. The maximum Gasteiger partial charge on any atom is 0.257 e. The van der Waals surface area contributed by atoms with E-state index in [-0.39, 0.29) is 5.56 Å². The summed E-state index contributed by atoms with van der Waals surface area (Å²) in [5, 5.41) is 13.3. The molecule has 1 saturated carbocycles. The third-order valence-electron chi connectivity index (χ3n) is 5.51. The van der Waals surface area contributed by atoms with E-state index in [1.165, 1.54) is 17.4 Å². The Labute approximate surface area is 156 Å². The number of fused-ring (bicyclic) bond motifs is 1. The summed E-state index contributed by atoms with van der Waals surface area (Å²) >= 11 is 0. The highest BCUT2D eigenvalue weighted by Gasteiger charge is 2.33. The van der Waals surface area contributed by atoms with Crippen LogP contribution in [0.2, 0.25) is 0 Å². The van der Waals surface area contributed by atoms with Crippen LogP contribution in [0, 0.1) is 0 Å². The van der Waals surface area contributed by atoms with Gasteiger partial charge in [-0.1, -0.05) is 0 Å². The van der Waals surface area contributed by atoms with Crippen LogP contribution in [0.3, 0.4) is 0 Å². The lowest BCUT2D eigenvalue weighted by Crippen LogP contribution is -2.58. The molecule has 2 aliphatic rings. The predicted molar refractivity (Wildman–Crippen MR) is 99.7 cm³/mol.